The van der Waals surface area contributed by atoms with Crippen molar-refractivity contribution >= 4 is 39.3 Å². The van der Waals surface area contributed by atoms with E-state index in [0.29, 0.717) is 16.0 Å². The molecule has 0 saturated heterocycles. The summed E-state index contributed by atoms with van der Waals surface area (Å²) in [6.45, 7) is 7.40. The van der Waals surface area contributed by atoms with E-state index in [1.165, 1.54) is 23.1 Å². The van der Waals surface area contributed by atoms with Crippen LogP contribution in [0.1, 0.15) is 36.2 Å². The number of nitrogens with one attached hydrogen (secondary N) is 1. The summed E-state index contributed by atoms with van der Waals surface area (Å²) in [6.07, 6.45) is -0.624. The molecule has 2 aromatic heterocycles. The fraction of sp³-hybridized carbons (Fsp3) is 0.316. The van der Waals surface area contributed by atoms with Crippen LogP contribution in [0.15, 0.2) is 40.0 Å². The molecule has 1 N–H and O–H groups in total. The van der Waals surface area contributed by atoms with Crippen LogP contribution in [0.25, 0.3) is 10.2 Å². The zero-order chi connectivity index (χ0) is 18.8. The van der Waals surface area contributed by atoms with Gasteiger partial charge in [0.25, 0.3) is 5.56 Å². The minimum Gasteiger partial charge on any atom is -0.454 e. The molecule has 0 saturated carbocycles. The van der Waals surface area contributed by atoms with Crippen molar-refractivity contribution in [2.75, 3.05) is 0 Å². The maximum absolute atomic E-state index is 12.4. The number of aromatic amines is 1. The molecule has 0 aliphatic carbocycles. The van der Waals surface area contributed by atoms with Crippen LogP contribution in [-0.4, -0.2) is 21.2 Å². The number of benzene rings is 1. The number of thiophene rings is 1. The Bertz CT molecular complexity index is 995. The molecule has 2 atom stereocenters. The number of aryl methyl sites for hydroxylation is 2. The summed E-state index contributed by atoms with van der Waals surface area (Å²) in [6, 6.07) is 9.69. The maximum atomic E-state index is 12.4. The Labute approximate surface area is 159 Å². The molecule has 5 nitrogen and oxygen atoms in total. The van der Waals surface area contributed by atoms with Crippen molar-refractivity contribution in [1.82, 2.24) is 9.97 Å². The van der Waals surface area contributed by atoms with Crippen LogP contribution in [0.2, 0.25) is 0 Å². The molecule has 0 aliphatic heterocycles. The summed E-state index contributed by atoms with van der Waals surface area (Å²) in [5.74, 6) is 0.0293. The molecule has 7 heteroatoms. The van der Waals surface area contributed by atoms with Gasteiger partial charge in [-0.2, -0.15) is 0 Å². The molecule has 136 valence electrons. The van der Waals surface area contributed by atoms with Gasteiger partial charge in [0.05, 0.1) is 5.39 Å². The second-order valence-corrected chi connectivity index (χ2v) is 8.68. The number of carbonyl (C=O) groups excluding carboxylic acids is 1. The molecule has 0 unspecified atom stereocenters. The van der Waals surface area contributed by atoms with Crippen LogP contribution in [0, 0.1) is 13.8 Å². The number of nitrogens with zero attached hydrogens (tertiary/aromatic N) is 1. The lowest BCUT2D eigenvalue weighted by Crippen LogP contribution is -2.21. The van der Waals surface area contributed by atoms with Crippen LogP contribution in [0.3, 0.4) is 0 Å². The van der Waals surface area contributed by atoms with Crippen molar-refractivity contribution in [2.24, 2.45) is 0 Å². The Hall–Kier alpha value is -2.12. The molecule has 1 aromatic carbocycles. The Kier molecular flexibility index (Phi) is 5.48. The third-order valence-corrected chi connectivity index (χ3v) is 6.31. The molecular formula is C19H20N2O3S2. The smallest absolute Gasteiger partial charge is 0.319 e. The topological polar surface area (TPSA) is 72.0 Å². The van der Waals surface area contributed by atoms with Gasteiger partial charge in [-0.25, -0.2) is 4.98 Å². The van der Waals surface area contributed by atoms with E-state index < -0.39 is 6.10 Å². The van der Waals surface area contributed by atoms with E-state index in [2.05, 4.69) is 9.97 Å². The van der Waals surface area contributed by atoms with Crippen LogP contribution < -0.4 is 5.56 Å². The van der Waals surface area contributed by atoms with Crippen LogP contribution in [-0.2, 0) is 9.53 Å². The van der Waals surface area contributed by atoms with Crippen LogP contribution in [0.4, 0.5) is 0 Å². The van der Waals surface area contributed by atoms with E-state index in [1.807, 2.05) is 44.2 Å². The zero-order valence-corrected chi connectivity index (χ0v) is 16.7. The van der Waals surface area contributed by atoms with E-state index in [1.54, 1.807) is 13.8 Å². The van der Waals surface area contributed by atoms with Gasteiger partial charge in [-0.3, -0.25) is 9.59 Å². The number of fused-ring (bicyclic) bond motifs is 1. The predicted octanol–water partition coefficient (Wildman–Crippen LogP) is 4.39. The second kappa shape index (κ2) is 7.63. The number of esters is 1. The third kappa shape index (κ3) is 3.83. The number of rotatable bonds is 5. The van der Waals surface area contributed by atoms with Crippen molar-refractivity contribution in [1.29, 1.82) is 0 Å². The second-order valence-electron chi connectivity index (χ2n) is 6.07. The highest BCUT2D eigenvalue weighted by Crippen LogP contribution is 2.28. The first-order valence-electron chi connectivity index (χ1n) is 8.29. The number of hydrogen-bond donors (Lipinski definition) is 1. The Morgan fingerprint density at radius 1 is 1.23 bits per heavy atom. The molecule has 3 rings (SSSR count). The van der Waals surface area contributed by atoms with Gasteiger partial charge in [-0.1, -0.05) is 18.2 Å². The van der Waals surface area contributed by atoms with E-state index in [-0.39, 0.29) is 16.8 Å². The highest BCUT2D eigenvalue weighted by molar-refractivity contribution is 8.00. The summed E-state index contributed by atoms with van der Waals surface area (Å²) in [5, 5.41) is 0.254. The standard InChI is InChI=1S/C19H20N2O3S2/c1-10-12(3)26-18-15(10)17(22)20-16(21-18)11(2)24-19(23)13(4)25-14-8-6-5-7-9-14/h5-9,11,13H,1-4H3,(H,20,21,22)/t11-,13-/m0/s1. The lowest BCUT2D eigenvalue weighted by atomic mass is 10.2. The van der Waals surface area contributed by atoms with Crippen molar-refractivity contribution in [3.05, 3.63) is 57.0 Å². The molecule has 3 aromatic rings. The van der Waals surface area contributed by atoms with Gasteiger partial charge in [0.15, 0.2) is 11.9 Å². The number of thioether (sulfide) groups is 1. The molecule has 0 fully saturated rings. The van der Waals surface area contributed by atoms with Crippen molar-refractivity contribution < 1.29 is 9.53 Å². The molecule has 0 radical (unpaired) electrons. The highest BCUT2D eigenvalue weighted by Gasteiger charge is 2.22. The first-order valence-corrected chi connectivity index (χ1v) is 9.98. The van der Waals surface area contributed by atoms with Crippen LogP contribution in [0.5, 0.6) is 0 Å². The summed E-state index contributed by atoms with van der Waals surface area (Å²) >= 11 is 2.91. The first kappa shape index (κ1) is 18.7. The largest absolute Gasteiger partial charge is 0.454 e. The number of H-pyrrole nitrogens is 1. The van der Waals surface area contributed by atoms with Crippen molar-refractivity contribution in [2.45, 2.75) is 43.9 Å². The van der Waals surface area contributed by atoms with Gasteiger partial charge in [0.1, 0.15) is 10.1 Å². The quantitative estimate of drug-likeness (QED) is 0.518. The van der Waals surface area contributed by atoms with E-state index in [9.17, 15) is 9.59 Å². The van der Waals surface area contributed by atoms with Gasteiger partial charge in [0, 0.05) is 9.77 Å². The van der Waals surface area contributed by atoms with Crippen LogP contribution >= 0.6 is 23.1 Å². The van der Waals surface area contributed by atoms with Gasteiger partial charge < -0.3 is 9.72 Å². The summed E-state index contributed by atoms with van der Waals surface area (Å²) in [5.41, 5.74) is 0.754. The van der Waals surface area contributed by atoms with Gasteiger partial charge >= 0.3 is 5.97 Å². The zero-order valence-electron chi connectivity index (χ0n) is 15.0. The average Bonchev–Trinajstić information content (AvgIpc) is 2.90. The minimum absolute atomic E-state index is 0.193. The van der Waals surface area contributed by atoms with Crippen molar-refractivity contribution in [3.63, 3.8) is 0 Å². The molecule has 2 heterocycles. The highest BCUT2D eigenvalue weighted by atomic mass is 32.2. The first-order chi connectivity index (χ1) is 12.4. The lowest BCUT2D eigenvalue weighted by molar-refractivity contribution is -0.147. The monoisotopic (exact) mass is 388 g/mol. The van der Waals surface area contributed by atoms with E-state index in [0.717, 1.165) is 15.3 Å². The predicted molar refractivity (Wildman–Crippen MR) is 106 cm³/mol. The third-order valence-electron chi connectivity index (χ3n) is 4.12. The lowest BCUT2D eigenvalue weighted by Gasteiger charge is -2.16. The summed E-state index contributed by atoms with van der Waals surface area (Å²) in [7, 11) is 0. The van der Waals surface area contributed by atoms with Gasteiger partial charge in [-0.15, -0.1) is 23.1 Å². The summed E-state index contributed by atoms with van der Waals surface area (Å²) in [4.78, 5) is 34.7. The molecule has 0 spiro atoms. The minimum atomic E-state index is -0.624. The maximum Gasteiger partial charge on any atom is 0.319 e. The summed E-state index contributed by atoms with van der Waals surface area (Å²) < 4.78 is 5.52. The van der Waals surface area contributed by atoms with Gasteiger partial charge in [0.2, 0.25) is 0 Å². The number of hydrogen-bond acceptors (Lipinski definition) is 6. The molecule has 26 heavy (non-hydrogen) atoms. The molecular weight excluding hydrogens is 368 g/mol. The number of carbonyl (C=O) groups is 1. The number of ether oxygens (including phenoxy) is 1. The Morgan fingerprint density at radius 2 is 1.92 bits per heavy atom. The Balaban J connectivity index is 1.75. The molecule has 0 amide bonds. The van der Waals surface area contributed by atoms with Gasteiger partial charge in [-0.05, 0) is 45.4 Å². The average molecular weight is 389 g/mol. The van der Waals surface area contributed by atoms with E-state index >= 15 is 0 Å². The SMILES string of the molecule is Cc1sc2nc([C@H](C)OC(=O)[C@H](C)Sc3ccccc3)[nH]c(=O)c2c1C. The molecule has 0 aliphatic rings. The Morgan fingerprint density at radius 3 is 2.62 bits per heavy atom. The fourth-order valence-electron chi connectivity index (χ4n) is 2.54. The number of aromatic nitrogens is 2. The fourth-order valence-corrected chi connectivity index (χ4v) is 4.45. The normalized spacial score (nSPS) is 13.5. The molecule has 0 bridgehead atoms. The van der Waals surface area contributed by atoms with Crippen molar-refractivity contribution in [3.8, 4) is 0 Å². The van der Waals surface area contributed by atoms with E-state index in [4.69, 9.17) is 4.74 Å².